The summed E-state index contributed by atoms with van der Waals surface area (Å²) in [7, 11) is 0. The van der Waals surface area contributed by atoms with Crippen LogP contribution in [-0.4, -0.2) is 33.2 Å². The fraction of sp³-hybridized carbons (Fsp3) is 0.0370. The molecule has 0 fully saturated rings. The van der Waals surface area contributed by atoms with Gasteiger partial charge in [-0.25, -0.2) is 14.4 Å². The van der Waals surface area contributed by atoms with Gasteiger partial charge in [0.15, 0.2) is 0 Å². The average Bonchev–Trinajstić information content (AvgIpc) is 3.37. The Morgan fingerprint density at radius 1 is 0.611 bits per heavy atom. The molecule has 2 aliphatic carbocycles. The number of carboxylic acids is 3. The number of hydrogen-bond acceptors (Lipinski definition) is 6. The van der Waals surface area contributed by atoms with Crippen molar-refractivity contribution < 1.29 is 29.7 Å². The standard InChI is InChI=1S/C27H13N3O6/c28-10-19(25(31)32)17-9-18(14-6-2-1-5-13(14)17)24-22(20(11-29)26(33)34)15-7-3-4-8-16(15)23(24)21(12-30)27(35)36/h1-8H,9H2,(H,31,32)(H,33,34)(H,35,36)/b19-17+,22-20-,23-21+,24-18-. The molecule has 2 aromatic rings. The molecule has 172 valence electrons. The van der Waals surface area contributed by atoms with E-state index in [4.69, 9.17) is 0 Å². The largest absolute Gasteiger partial charge is 0.477 e. The summed E-state index contributed by atoms with van der Waals surface area (Å²) in [5.41, 5.74) is -0.212. The smallest absolute Gasteiger partial charge is 0.347 e. The van der Waals surface area contributed by atoms with E-state index in [1.807, 2.05) is 0 Å². The number of allylic oxidation sites excluding steroid dienone is 5. The summed E-state index contributed by atoms with van der Waals surface area (Å²) in [6.45, 7) is 0. The molecule has 0 unspecified atom stereocenters. The molecule has 0 spiro atoms. The van der Waals surface area contributed by atoms with Gasteiger partial charge in [0.25, 0.3) is 0 Å². The van der Waals surface area contributed by atoms with E-state index in [0.29, 0.717) is 16.7 Å². The number of nitriles is 3. The van der Waals surface area contributed by atoms with E-state index in [1.54, 1.807) is 54.6 Å². The van der Waals surface area contributed by atoms with E-state index in [2.05, 4.69) is 0 Å². The summed E-state index contributed by atoms with van der Waals surface area (Å²) in [4.78, 5) is 36.0. The number of rotatable bonds is 3. The van der Waals surface area contributed by atoms with Crippen LogP contribution in [0.4, 0.5) is 0 Å². The fourth-order valence-corrected chi connectivity index (χ4v) is 4.62. The molecule has 0 bridgehead atoms. The molecule has 0 radical (unpaired) electrons. The van der Waals surface area contributed by atoms with E-state index in [-0.39, 0.29) is 39.8 Å². The van der Waals surface area contributed by atoms with Gasteiger partial charge in [-0.1, -0.05) is 48.5 Å². The van der Waals surface area contributed by atoms with Crippen molar-refractivity contribution in [2.45, 2.75) is 6.42 Å². The van der Waals surface area contributed by atoms with Crippen LogP contribution in [0, 0.1) is 34.0 Å². The maximum absolute atomic E-state index is 12.1. The highest BCUT2D eigenvalue weighted by Gasteiger charge is 2.39. The van der Waals surface area contributed by atoms with Crippen LogP contribution in [0.1, 0.15) is 28.7 Å². The Morgan fingerprint density at radius 3 is 1.39 bits per heavy atom. The number of hydrogen-bond donors (Lipinski definition) is 3. The quantitative estimate of drug-likeness (QED) is 0.440. The van der Waals surface area contributed by atoms with Gasteiger partial charge < -0.3 is 15.3 Å². The maximum atomic E-state index is 12.1. The Hall–Kier alpha value is -5.72. The summed E-state index contributed by atoms with van der Waals surface area (Å²) in [6.07, 6.45) is -0.165. The molecule has 4 rings (SSSR count). The first-order chi connectivity index (χ1) is 17.3. The highest BCUT2D eigenvalue weighted by Crippen LogP contribution is 2.55. The molecule has 2 aromatic carbocycles. The minimum absolute atomic E-state index is 0.0271. The summed E-state index contributed by atoms with van der Waals surface area (Å²) in [6, 6.07) is 17.7. The third-order valence-corrected chi connectivity index (χ3v) is 5.98. The van der Waals surface area contributed by atoms with Crippen molar-refractivity contribution in [2.75, 3.05) is 0 Å². The first-order valence-corrected chi connectivity index (χ1v) is 10.3. The van der Waals surface area contributed by atoms with Crippen LogP contribution in [0.2, 0.25) is 0 Å². The zero-order valence-corrected chi connectivity index (χ0v) is 18.2. The predicted octanol–water partition coefficient (Wildman–Crippen LogP) is 3.64. The third-order valence-electron chi connectivity index (χ3n) is 5.98. The van der Waals surface area contributed by atoms with Crippen LogP contribution in [0.5, 0.6) is 0 Å². The molecule has 0 aromatic heterocycles. The van der Waals surface area contributed by atoms with Gasteiger partial charge in [0, 0.05) is 17.6 Å². The van der Waals surface area contributed by atoms with Crippen LogP contribution in [-0.2, 0) is 14.4 Å². The topological polar surface area (TPSA) is 183 Å². The van der Waals surface area contributed by atoms with Gasteiger partial charge in [-0.15, -0.1) is 0 Å². The zero-order valence-electron chi connectivity index (χ0n) is 18.2. The first kappa shape index (κ1) is 23.4. The number of fused-ring (bicyclic) bond motifs is 2. The van der Waals surface area contributed by atoms with Crippen LogP contribution in [0.25, 0.3) is 22.3 Å². The van der Waals surface area contributed by atoms with Crippen molar-refractivity contribution >= 4 is 40.2 Å². The van der Waals surface area contributed by atoms with Gasteiger partial charge in [0.1, 0.15) is 34.9 Å². The summed E-state index contributed by atoms with van der Waals surface area (Å²) in [5, 5.41) is 58.2. The van der Waals surface area contributed by atoms with Gasteiger partial charge in [-0.3, -0.25) is 0 Å². The Bertz CT molecular complexity index is 1590. The van der Waals surface area contributed by atoms with E-state index >= 15 is 0 Å². The molecular formula is C27H13N3O6. The summed E-state index contributed by atoms with van der Waals surface area (Å²) < 4.78 is 0. The van der Waals surface area contributed by atoms with Crippen molar-refractivity contribution in [1.82, 2.24) is 0 Å². The van der Waals surface area contributed by atoms with Gasteiger partial charge in [0.05, 0.1) is 0 Å². The molecule has 0 saturated carbocycles. The van der Waals surface area contributed by atoms with Gasteiger partial charge in [-0.2, -0.15) is 15.8 Å². The van der Waals surface area contributed by atoms with Crippen LogP contribution in [0.3, 0.4) is 0 Å². The molecule has 3 N–H and O–H groups in total. The van der Waals surface area contributed by atoms with E-state index in [0.717, 1.165) is 0 Å². The number of nitrogens with zero attached hydrogens (tertiary/aromatic N) is 3. The van der Waals surface area contributed by atoms with Gasteiger partial charge >= 0.3 is 17.9 Å². The second kappa shape index (κ2) is 8.90. The summed E-state index contributed by atoms with van der Waals surface area (Å²) >= 11 is 0. The van der Waals surface area contributed by atoms with Crippen LogP contribution in [0.15, 0.2) is 70.8 Å². The molecule has 0 heterocycles. The highest BCUT2D eigenvalue weighted by atomic mass is 16.4. The van der Waals surface area contributed by atoms with E-state index < -0.39 is 34.6 Å². The molecule has 36 heavy (non-hydrogen) atoms. The van der Waals surface area contributed by atoms with Crippen molar-refractivity contribution in [3.05, 3.63) is 93.1 Å². The predicted molar refractivity (Wildman–Crippen MR) is 125 cm³/mol. The third kappa shape index (κ3) is 3.43. The lowest BCUT2D eigenvalue weighted by atomic mass is 9.89. The van der Waals surface area contributed by atoms with Gasteiger partial charge in [0.2, 0.25) is 0 Å². The van der Waals surface area contributed by atoms with Crippen molar-refractivity contribution in [1.29, 1.82) is 15.8 Å². The normalized spacial score (nSPS) is 19.7. The zero-order chi connectivity index (χ0) is 26.1. The minimum atomic E-state index is -1.55. The Balaban J connectivity index is 2.30. The minimum Gasteiger partial charge on any atom is -0.477 e. The Morgan fingerprint density at radius 2 is 1.00 bits per heavy atom. The maximum Gasteiger partial charge on any atom is 0.347 e. The lowest BCUT2D eigenvalue weighted by Crippen LogP contribution is -2.05. The van der Waals surface area contributed by atoms with Crippen LogP contribution >= 0.6 is 0 Å². The molecular weight excluding hydrogens is 462 g/mol. The monoisotopic (exact) mass is 475 g/mol. The van der Waals surface area contributed by atoms with Crippen molar-refractivity contribution in [3.8, 4) is 18.2 Å². The Kier molecular flexibility index (Phi) is 5.80. The second-order valence-corrected chi connectivity index (χ2v) is 7.73. The molecule has 0 aliphatic heterocycles. The van der Waals surface area contributed by atoms with Crippen molar-refractivity contribution in [3.63, 3.8) is 0 Å². The average molecular weight is 475 g/mol. The van der Waals surface area contributed by atoms with Crippen LogP contribution < -0.4 is 0 Å². The number of carboxylic acid groups (broad SMARTS) is 3. The molecule has 0 atom stereocenters. The summed E-state index contributed by atoms with van der Waals surface area (Å²) in [5.74, 6) is -4.57. The fourth-order valence-electron chi connectivity index (χ4n) is 4.62. The molecule has 2 aliphatic rings. The first-order valence-electron chi connectivity index (χ1n) is 10.3. The molecule has 0 saturated heterocycles. The SMILES string of the molecule is N#C/C(C(=O)O)=C1C(=C2\C/C(=C(/C#N)C(=O)O)c3ccccc32)/C(=C(\C#N)C(=O)O)c2ccccc2/1. The molecule has 9 nitrogen and oxygen atoms in total. The second-order valence-electron chi connectivity index (χ2n) is 7.73. The van der Waals surface area contributed by atoms with E-state index in [9.17, 15) is 45.5 Å². The lowest BCUT2D eigenvalue weighted by molar-refractivity contribution is -0.133. The number of aliphatic carboxylic acids is 3. The highest BCUT2D eigenvalue weighted by molar-refractivity contribution is 6.24. The number of carbonyl (C=O) groups is 3. The van der Waals surface area contributed by atoms with Gasteiger partial charge in [-0.05, 0) is 39.0 Å². The Labute approximate surface area is 203 Å². The number of benzene rings is 2. The lowest BCUT2D eigenvalue weighted by Gasteiger charge is -2.12. The molecule has 9 heteroatoms. The van der Waals surface area contributed by atoms with E-state index in [1.165, 1.54) is 12.1 Å². The van der Waals surface area contributed by atoms with Crippen molar-refractivity contribution in [2.24, 2.45) is 0 Å². The molecule has 0 amide bonds.